The second-order valence-electron chi connectivity index (χ2n) is 3.93. The van der Waals surface area contributed by atoms with Gasteiger partial charge in [-0.25, -0.2) is 4.79 Å². The van der Waals surface area contributed by atoms with Gasteiger partial charge in [-0.3, -0.25) is 0 Å². The van der Waals surface area contributed by atoms with Gasteiger partial charge in [-0.05, 0) is 18.8 Å². The molecule has 0 bridgehead atoms. The van der Waals surface area contributed by atoms with E-state index in [-0.39, 0.29) is 0 Å². The smallest absolute Gasteiger partial charge is 0.417 e. The quantitative estimate of drug-likeness (QED) is 0.592. The second-order valence-corrected chi connectivity index (χ2v) is 3.93. The van der Waals surface area contributed by atoms with Crippen molar-refractivity contribution in [2.75, 3.05) is 6.61 Å². The van der Waals surface area contributed by atoms with E-state index in [0.717, 1.165) is 12.3 Å². The molecule has 1 radical (unpaired) electrons. The van der Waals surface area contributed by atoms with Crippen LogP contribution in [0.4, 0.5) is 0 Å². The van der Waals surface area contributed by atoms with E-state index in [9.17, 15) is 4.79 Å². The average molecular weight is 183 g/mol. The standard InChI is InChI=1S/C11H19O2/c12-10-13-9-5-4-8-11-6-2-1-3-7-11/h11H,1-9H2. The fraction of sp³-hybridized carbons (Fsp3) is 0.909. The number of carbonyl (C=O) groups excluding carboxylic acids is 1. The summed E-state index contributed by atoms with van der Waals surface area (Å²) in [7, 11) is 0. The topological polar surface area (TPSA) is 26.3 Å². The highest BCUT2D eigenvalue weighted by atomic mass is 16.5. The van der Waals surface area contributed by atoms with Crippen molar-refractivity contribution in [3.8, 4) is 0 Å². The normalized spacial score (nSPS) is 18.5. The van der Waals surface area contributed by atoms with Crippen LogP contribution in [0.2, 0.25) is 0 Å². The number of ether oxygens (including phenoxy) is 1. The van der Waals surface area contributed by atoms with Gasteiger partial charge in [0.1, 0.15) is 0 Å². The van der Waals surface area contributed by atoms with Gasteiger partial charge in [-0.1, -0.05) is 38.5 Å². The summed E-state index contributed by atoms with van der Waals surface area (Å²) in [6.07, 6.45) is 10.6. The molecular weight excluding hydrogens is 164 g/mol. The number of unbranched alkanes of at least 4 members (excludes halogenated alkanes) is 1. The maximum Gasteiger partial charge on any atom is 0.417 e. The molecular formula is C11H19O2. The summed E-state index contributed by atoms with van der Waals surface area (Å²) in [5, 5.41) is 0. The van der Waals surface area contributed by atoms with Crippen molar-refractivity contribution >= 4 is 6.47 Å². The Morgan fingerprint density at radius 1 is 1.15 bits per heavy atom. The van der Waals surface area contributed by atoms with E-state index in [2.05, 4.69) is 4.74 Å². The highest BCUT2D eigenvalue weighted by Gasteiger charge is 2.12. The molecule has 0 N–H and O–H groups in total. The van der Waals surface area contributed by atoms with Gasteiger partial charge in [0, 0.05) is 0 Å². The van der Waals surface area contributed by atoms with Crippen LogP contribution in [0.3, 0.4) is 0 Å². The van der Waals surface area contributed by atoms with E-state index >= 15 is 0 Å². The van der Waals surface area contributed by atoms with Crippen LogP contribution in [0, 0.1) is 5.92 Å². The van der Waals surface area contributed by atoms with E-state index in [4.69, 9.17) is 0 Å². The third-order valence-electron chi connectivity index (χ3n) is 2.89. The van der Waals surface area contributed by atoms with Crippen molar-refractivity contribution in [1.29, 1.82) is 0 Å². The van der Waals surface area contributed by atoms with Crippen LogP contribution in [0.25, 0.3) is 0 Å². The summed E-state index contributed by atoms with van der Waals surface area (Å²) >= 11 is 0. The Morgan fingerprint density at radius 3 is 2.62 bits per heavy atom. The van der Waals surface area contributed by atoms with Crippen LogP contribution in [0.1, 0.15) is 51.4 Å². The van der Waals surface area contributed by atoms with Crippen LogP contribution in [-0.2, 0) is 9.53 Å². The Balaban J connectivity index is 1.89. The highest BCUT2D eigenvalue weighted by Crippen LogP contribution is 2.27. The van der Waals surface area contributed by atoms with Crippen molar-refractivity contribution in [3.63, 3.8) is 0 Å². The van der Waals surface area contributed by atoms with Crippen molar-refractivity contribution in [3.05, 3.63) is 0 Å². The molecule has 0 aromatic carbocycles. The molecule has 0 aromatic rings. The molecule has 0 saturated heterocycles. The van der Waals surface area contributed by atoms with E-state index in [1.807, 2.05) is 0 Å². The van der Waals surface area contributed by atoms with Gasteiger partial charge in [0.15, 0.2) is 0 Å². The molecule has 2 nitrogen and oxygen atoms in total. The monoisotopic (exact) mass is 183 g/mol. The van der Waals surface area contributed by atoms with E-state index in [1.165, 1.54) is 51.4 Å². The summed E-state index contributed by atoms with van der Waals surface area (Å²) in [4.78, 5) is 9.72. The summed E-state index contributed by atoms with van der Waals surface area (Å²) in [5.41, 5.74) is 0. The zero-order valence-electron chi connectivity index (χ0n) is 8.26. The summed E-state index contributed by atoms with van der Waals surface area (Å²) in [6, 6.07) is 0. The van der Waals surface area contributed by atoms with Crippen LogP contribution < -0.4 is 0 Å². The zero-order valence-corrected chi connectivity index (χ0v) is 8.26. The Kier molecular flexibility index (Phi) is 5.62. The Hall–Kier alpha value is -0.530. The average Bonchev–Trinajstić information content (AvgIpc) is 2.19. The van der Waals surface area contributed by atoms with Gasteiger partial charge in [0.2, 0.25) is 0 Å². The second kappa shape index (κ2) is 6.93. The minimum atomic E-state index is 0.552. The first-order valence-corrected chi connectivity index (χ1v) is 5.42. The van der Waals surface area contributed by atoms with Crippen LogP contribution in [0.15, 0.2) is 0 Å². The van der Waals surface area contributed by atoms with Gasteiger partial charge < -0.3 is 4.74 Å². The molecule has 0 aliphatic heterocycles. The lowest BCUT2D eigenvalue weighted by molar-refractivity contribution is 0.258. The molecule has 0 spiro atoms. The first kappa shape index (κ1) is 10.6. The lowest BCUT2D eigenvalue weighted by atomic mass is 9.86. The first-order valence-electron chi connectivity index (χ1n) is 5.42. The van der Waals surface area contributed by atoms with Crippen LogP contribution in [-0.4, -0.2) is 13.1 Å². The molecule has 75 valence electrons. The summed E-state index contributed by atoms with van der Waals surface area (Å²) in [5.74, 6) is 0.953. The fourth-order valence-electron chi connectivity index (χ4n) is 2.12. The van der Waals surface area contributed by atoms with Gasteiger partial charge in [-0.15, -0.1) is 0 Å². The number of hydrogen-bond donors (Lipinski definition) is 0. The number of hydrogen-bond acceptors (Lipinski definition) is 2. The van der Waals surface area contributed by atoms with Gasteiger partial charge in [-0.2, -0.15) is 0 Å². The van der Waals surface area contributed by atoms with E-state index in [0.29, 0.717) is 6.61 Å². The SMILES string of the molecule is O=[C]OCCCCC1CCCCC1. The van der Waals surface area contributed by atoms with Gasteiger partial charge >= 0.3 is 6.47 Å². The van der Waals surface area contributed by atoms with Crippen molar-refractivity contribution < 1.29 is 9.53 Å². The highest BCUT2D eigenvalue weighted by molar-refractivity contribution is 5.37. The Bertz CT molecular complexity index is 128. The van der Waals surface area contributed by atoms with Gasteiger partial charge in [0.05, 0.1) is 6.61 Å². The lowest BCUT2D eigenvalue weighted by Gasteiger charge is -2.20. The van der Waals surface area contributed by atoms with E-state index in [1.54, 1.807) is 0 Å². The summed E-state index contributed by atoms with van der Waals surface area (Å²) in [6.45, 7) is 2.01. The maximum atomic E-state index is 9.72. The van der Waals surface area contributed by atoms with Crippen molar-refractivity contribution in [2.24, 2.45) is 5.92 Å². The minimum absolute atomic E-state index is 0.552. The molecule has 1 rings (SSSR count). The Labute approximate surface area is 80.7 Å². The molecule has 1 saturated carbocycles. The first-order chi connectivity index (χ1) is 6.43. The van der Waals surface area contributed by atoms with Gasteiger partial charge in [0.25, 0.3) is 0 Å². The maximum absolute atomic E-state index is 9.72. The minimum Gasteiger partial charge on any atom is -0.457 e. The molecule has 0 heterocycles. The molecule has 1 fully saturated rings. The van der Waals surface area contributed by atoms with Crippen molar-refractivity contribution in [1.82, 2.24) is 0 Å². The predicted octanol–water partition coefficient (Wildman–Crippen LogP) is 2.82. The molecule has 0 aromatic heterocycles. The fourth-order valence-corrected chi connectivity index (χ4v) is 2.12. The Morgan fingerprint density at radius 2 is 1.92 bits per heavy atom. The third kappa shape index (κ3) is 4.91. The summed E-state index contributed by atoms with van der Waals surface area (Å²) < 4.78 is 4.52. The molecule has 13 heavy (non-hydrogen) atoms. The third-order valence-corrected chi connectivity index (χ3v) is 2.89. The van der Waals surface area contributed by atoms with E-state index < -0.39 is 0 Å². The molecule has 1 aliphatic rings. The largest absolute Gasteiger partial charge is 0.457 e. The molecule has 0 atom stereocenters. The zero-order chi connectivity index (χ0) is 9.36. The van der Waals surface area contributed by atoms with Crippen LogP contribution in [0.5, 0.6) is 0 Å². The molecule has 2 heteroatoms. The van der Waals surface area contributed by atoms with Crippen molar-refractivity contribution in [2.45, 2.75) is 51.4 Å². The predicted molar refractivity (Wildman–Crippen MR) is 52.1 cm³/mol. The molecule has 0 unspecified atom stereocenters. The molecule has 0 amide bonds. The van der Waals surface area contributed by atoms with Crippen LogP contribution >= 0.6 is 0 Å². The number of rotatable bonds is 6. The molecule has 1 aliphatic carbocycles. The lowest BCUT2D eigenvalue weighted by Crippen LogP contribution is -2.06.